The number of nitrogens with zero attached hydrogens (tertiary/aromatic N) is 1. The standard InChI is InChI=1S/C28H39N3O4/c1-4-6-15-34-24-10-7-8-11-25(24)35-16-13-30-20(3)17-21-18-22-12-14-31(26(32)9-5-2)27(22)23(19-21)28(29)33/h7-8,10-11,18-20,30H,4-6,9,12-17H2,1-3H3,(H2,29,33). The molecule has 1 aliphatic heterocycles. The summed E-state index contributed by atoms with van der Waals surface area (Å²) in [5.74, 6) is 1.09. The van der Waals surface area contributed by atoms with Crippen molar-refractivity contribution in [1.29, 1.82) is 0 Å². The van der Waals surface area contributed by atoms with E-state index in [0.717, 1.165) is 54.7 Å². The molecule has 2 aromatic carbocycles. The number of anilines is 1. The number of carbonyl (C=O) groups excluding carboxylic acids is 2. The number of hydrogen-bond acceptors (Lipinski definition) is 5. The maximum Gasteiger partial charge on any atom is 0.250 e. The van der Waals surface area contributed by atoms with Gasteiger partial charge >= 0.3 is 0 Å². The summed E-state index contributed by atoms with van der Waals surface area (Å²) in [5.41, 5.74) is 8.91. The number of para-hydroxylation sites is 2. The number of rotatable bonds is 14. The van der Waals surface area contributed by atoms with Gasteiger partial charge in [-0.3, -0.25) is 9.59 Å². The maximum atomic E-state index is 12.5. The van der Waals surface area contributed by atoms with Crippen LogP contribution in [0.2, 0.25) is 0 Å². The van der Waals surface area contributed by atoms with Gasteiger partial charge in [0.15, 0.2) is 11.5 Å². The van der Waals surface area contributed by atoms with Crippen LogP contribution in [-0.2, 0) is 17.6 Å². The average molecular weight is 482 g/mol. The monoisotopic (exact) mass is 481 g/mol. The first kappa shape index (κ1) is 26.5. The molecule has 35 heavy (non-hydrogen) atoms. The van der Waals surface area contributed by atoms with Gasteiger partial charge < -0.3 is 25.4 Å². The Morgan fingerprint density at radius 1 is 1.09 bits per heavy atom. The fraction of sp³-hybridized carbons (Fsp3) is 0.500. The van der Waals surface area contributed by atoms with Gasteiger partial charge in [0, 0.05) is 25.6 Å². The first-order valence-corrected chi connectivity index (χ1v) is 12.8. The van der Waals surface area contributed by atoms with Crippen molar-refractivity contribution in [3.05, 3.63) is 53.1 Å². The highest BCUT2D eigenvalue weighted by atomic mass is 16.5. The number of ether oxygens (including phenoxy) is 2. The summed E-state index contributed by atoms with van der Waals surface area (Å²) < 4.78 is 11.8. The lowest BCUT2D eigenvalue weighted by atomic mass is 9.98. The van der Waals surface area contributed by atoms with Crippen molar-refractivity contribution in [2.45, 2.75) is 65.3 Å². The molecule has 7 nitrogen and oxygen atoms in total. The second kappa shape index (κ2) is 13.1. The number of nitrogens with one attached hydrogen (secondary N) is 1. The smallest absolute Gasteiger partial charge is 0.250 e. The van der Waals surface area contributed by atoms with Crippen molar-refractivity contribution in [2.24, 2.45) is 5.73 Å². The van der Waals surface area contributed by atoms with Gasteiger partial charge in [0.25, 0.3) is 5.91 Å². The van der Waals surface area contributed by atoms with E-state index in [0.29, 0.717) is 44.0 Å². The van der Waals surface area contributed by atoms with E-state index < -0.39 is 5.91 Å². The Kier molecular flexibility index (Phi) is 9.97. The lowest BCUT2D eigenvalue weighted by Crippen LogP contribution is -2.32. The van der Waals surface area contributed by atoms with Gasteiger partial charge in [0.2, 0.25) is 5.91 Å². The van der Waals surface area contributed by atoms with Gasteiger partial charge in [-0.2, -0.15) is 0 Å². The van der Waals surface area contributed by atoms with Gasteiger partial charge in [-0.1, -0.05) is 38.5 Å². The van der Waals surface area contributed by atoms with Gasteiger partial charge in [-0.25, -0.2) is 0 Å². The second-order valence-electron chi connectivity index (χ2n) is 9.12. The first-order valence-electron chi connectivity index (χ1n) is 12.8. The Hall–Kier alpha value is -3.06. The number of amides is 2. The molecule has 2 aromatic rings. The fourth-order valence-corrected chi connectivity index (χ4v) is 4.42. The van der Waals surface area contributed by atoms with Crippen molar-refractivity contribution in [2.75, 3.05) is 31.2 Å². The quantitative estimate of drug-likeness (QED) is 0.394. The molecular formula is C28H39N3O4. The SMILES string of the molecule is CCCCOc1ccccc1OCCNC(C)Cc1cc2c(c(C(N)=O)c1)N(C(=O)CCC)CC2. The normalized spacial score (nSPS) is 13.4. The van der Waals surface area contributed by atoms with Gasteiger partial charge in [-0.15, -0.1) is 0 Å². The molecule has 7 heteroatoms. The predicted octanol–water partition coefficient (Wildman–Crippen LogP) is 4.25. The molecule has 1 atom stereocenters. The Morgan fingerprint density at radius 3 is 2.46 bits per heavy atom. The van der Waals surface area contributed by atoms with E-state index in [1.807, 2.05) is 37.3 Å². The second-order valence-corrected chi connectivity index (χ2v) is 9.12. The molecule has 0 saturated carbocycles. The van der Waals surface area contributed by atoms with Crippen LogP contribution < -0.4 is 25.4 Å². The molecular weight excluding hydrogens is 442 g/mol. The zero-order valence-corrected chi connectivity index (χ0v) is 21.3. The largest absolute Gasteiger partial charge is 0.490 e. The molecule has 0 aliphatic carbocycles. The molecule has 1 unspecified atom stereocenters. The van der Waals surface area contributed by atoms with Gasteiger partial charge in [0.1, 0.15) is 6.61 Å². The summed E-state index contributed by atoms with van der Waals surface area (Å²) in [4.78, 5) is 26.5. The molecule has 190 valence electrons. The predicted molar refractivity (Wildman–Crippen MR) is 139 cm³/mol. The zero-order chi connectivity index (χ0) is 25.2. The molecule has 0 fully saturated rings. The van der Waals surface area contributed by atoms with Crippen molar-refractivity contribution >= 4 is 17.5 Å². The summed E-state index contributed by atoms with van der Waals surface area (Å²) in [6, 6.07) is 11.9. The van der Waals surface area contributed by atoms with Crippen LogP contribution >= 0.6 is 0 Å². The van der Waals surface area contributed by atoms with E-state index in [1.54, 1.807) is 4.90 Å². The van der Waals surface area contributed by atoms with E-state index in [4.69, 9.17) is 15.2 Å². The third-order valence-electron chi connectivity index (χ3n) is 6.15. The van der Waals surface area contributed by atoms with E-state index in [2.05, 4.69) is 25.2 Å². The number of carbonyl (C=O) groups is 2. The average Bonchev–Trinajstić information content (AvgIpc) is 3.26. The minimum absolute atomic E-state index is 0.0499. The van der Waals surface area contributed by atoms with Crippen LogP contribution in [0.25, 0.3) is 0 Å². The fourth-order valence-electron chi connectivity index (χ4n) is 4.42. The summed E-state index contributed by atoms with van der Waals surface area (Å²) in [6.07, 6.45) is 4.84. The molecule has 3 rings (SSSR count). The zero-order valence-electron chi connectivity index (χ0n) is 21.3. The third kappa shape index (κ3) is 7.21. The van der Waals surface area contributed by atoms with Crippen LogP contribution in [0, 0.1) is 0 Å². The van der Waals surface area contributed by atoms with Gasteiger partial charge in [-0.05, 0) is 61.9 Å². The number of fused-ring (bicyclic) bond motifs is 1. The van der Waals surface area contributed by atoms with Gasteiger partial charge in [0.05, 0.1) is 17.9 Å². The van der Waals surface area contributed by atoms with Crippen LogP contribution in [0.3, 0.4) is 0 Å². The molecule has 0 spiro atoms. The number of nitrogens with two attached hydrogens (primary N) is 1. The van der Waals surface area contributed by atoms with E-state index >= 15 is 0 Å². The lowest BCUT2D eigenvalue weighted by molar-refractivity contribution is -0.118. The molecule has 3 N–H and O–H groups in total. The Labute approximate surface area is 209 Å². The van der Waals surface area contributed by atoms with E-state index in [9.17, 15) is 9.59 Å². The summed E-state index contributed by atoms with van der Waals surface area (Å²) >= 11 is 0. The van der Waals surface area contributed by atoms with Crippen LogP contribution in [-0.4, -0.2) is 44.2 Å². The topological polar surface area (TPSA) is 93.9 Å². The number of hydrogen-bond donors (Lipinski definition) is 2. The Bertz CT molecular complexity index is 1010. The minimum Gasteiger partial charge on any atom is -0.490 e. The summed E-state index contributed by atoms with van der Waals surface area (Å²) in [7, 11) is 0. The van der Waals surface area contributed by atoms with Crippen LogP contribution in [0.15, 0.2) is 36.4 Å². The molecule has 0 saturated heterocycles. The molecule has 1 aliphatic rings. The van der Waals surface area contributed by atoms with E-state index in [-0.39, 0.29) is 11.9 Å². The summed E-state index contributed by atoms with van der Waals surface area (Å²) in [6.45, 7) is 8.71. The van der Waals surface area contributed by atoms with Crippen LogP contribution in [0.1, 0.15) is 67.9 Å². The Balaban J connectivity index is 1.56. The van der Waals surface area contributed by atoms with Crippen LogP contribution in [0.5, 0.6) is 11.5 Å². The highest BCUT2D eigenvalue weighted by molar-refractivity contribution is 6.06. The van der Waals surface area contributed by atoms with Crippen molar-refractivity contribution in [1.82, 2.24) is 5.32 Å². The van der Waals surface area contributed by atoms with Crippen LogP contribution in [0.4, 0.5) is 5.69 Å². The highest BCUT2D eigenvalue weighted by Crippen LogP contribution is 2.34. The van der Waals surface area contributed by atoms with Crippen molar-refractivity contribution in [3.63, 3.8) is 0 Å². The molecule has 0 radical (unpaired) electrons. The lowest BCUT2D eigenvalue weighted by Gasteiger charge is -2.21. The summed E-state index contributed by atoms with van der Waals surface area (Å²) in [5, 5.41) is 3.49. The third-order valence-corrected chi connectivity index (χ3v) is 6.15. The molecule has 2 amide bonds. The maximum absolute atomic E-state index is 12.5. The van der Waals surface area contributed by atoms with Crippen molar-refractivity contribution in [3.8, 4) is 11.5 Å². The number of primary amides is 1. The number of benzene rings is 2. The number of unbranched alkanes of at least 4 members (excludes halogenated alkanes) is 1. The minimum atomic E-state index is -0.492. The van der Waals surface area contributed by atoms with Crippen molar-refractivity contribution < 1.29 is 19.1 Å². The van der Waals surface area contributed by atoms with E-state index in [1.165, 1.54) is 0 Å². The molecule has 1 heterocycles. The molecule has 0 bridgehead atoms. The highest BCUT2D eigenvalue weighted by Gasteiger charge is 2.29. The Morgan fingerprint density at radius 2 is 1.80 bits per heavy atom. The molecule has 0 aromatic heterocycles. The first-order chi connectivity index (χ1) is 16.9.